The molecular formula is C21H21NO4. The number of benzene rings is 2. The maximum absolute atomic E-state index is 11.3. The Morgan fingerprint density at radius 2 is 1.88 bits per heavy atom. The van der Waals surface area contributed by atoms with Crippen molar-refractivity contribution in [3.63, 3.8) is 0 Å². The number of ether oxygens (including phenoxy) is 1. The number of nitrogens with zero attached hydrogens (tertiary/aromatic N) is 1. The van der Waals surface area contributed by atoms with E-state index in [4.69, 9.17) is 4.74 Å². The van der Waals surface area contributed by atoms with Crippen LogP contribution < -0.4 is 4.74 Å². The fourth-order valence-corrected chi connectivity index (χ4v) is 3.42. The topological polar surface area (TPSA) is 71.7 Å². The van der Waals surface area contributed by atoms with Crippen LogP contribution in [0.3, 0.4) is 0 Å². The van der Waals surface area contributed by atoms with Gasteiger partial charge in [0.1, 0.15) is 0 Å². The fraction of sp³-hybridized carbons (Fsp3) is 0.190. The number of phenolic OH excluding ortho intramolecular Hbond substituents is 1. The van der Waals surface area contributed by atoms with Crippen molar-refractivity contribution in [1.82, 2.24) is 4.57 Å². The summed E-state index contributed by atoms with van der Waals surface area (Å²) in [5.74, 6) is -0.613. The Labute approximate surface area is 151 Å². The smallest absolute Gasteiger partial charge is 0.331 e. The second-order valence-electron chi connectivity index (χ2n) is 6.27. The predicted molar refractivity (Wildman–Crippen MR) is 103 cm³/mol. The van der Waals surface area contributed by atoms with Crippen molar-refractivity contribution < 1.29 is 19.7 Å². The van der Waals surface area contributed by atoms with E-state index in [1.54, 1.807) is 19.1 Å². The zero-order valence-electron chi connectivity index (χ0n) is 15.2. The summed E-state index contributed by atoms with van der Waals surface area (Å²) in [6.45, 7) is 3.49. The second kappa shape index (κ2) is 6.59. The fourth-order valence-electron chi connectivity index (χ4n) is 3.42. The Morgan fingerprint density at radius 1 is 1.23 bits per heavy atom. The van der Waals surface area contributed by atoms with Crippen molar-refractivity contribution >= 4 is 22.9 Å². The minimum absolute atomic E-state index is 0.0582. The molecule has 0 unspecified atom stereocenters. The van der Waals surface area contributed by atoms with Gasteiger partial charge in [0, 0.05) is 23.6 Å². The molecule has 1 aromatic heterocycles. The molecule has 5 nitrogen and oxygen atoms in total. The first-order valence-corrected chi connectivity index (χ1v) is 8.22. The molecule has 0 aliphatic rings. The number of aliphatic carboxylic acids is 1. The molecule has 134 valence electrons. The van der Waals surface area contributed by atoms with Crippen LogP contribution in [0, 0.1) is 6.92 Å². The number of hydrogen-bond acceptors (Lipinski definition) is 3. The Morgan fingerprint density at radius 3 is 2.46 bits per heavy atom. The molecule has 5 heteroatoms. The van der Waals surface area contributed by atoms with Crippen LogP contribution in [0.5, 0.6) is 11.5 Å². The highest BCUT2D eigenvalue weighted by atomic mass is 16.5. The lowest BCUT2D eigenvalue weighted by Gasteiger charge is -2.10. The second-order valence-corrected chi connectivity index (χ2v) is 6.27. The summed E-state index contributed by atoms with van der Waals surface area (Å²) in [5, 5.41) is 20.6. The molecule has 2 aromatic carbocycles. The van der Waals surface area contributed by atoms with E-state index in [-0.39, 0.29) is 11.3 Å². The van der Waals surface area contributed by atoms with Gasteiger partial charge in [-0.3, -0.25) is 0 Å². The van der Waals surface area contributed by atoms with Crippen molar-refractivity contribution in [2.24, 2.45) is 7.05 Å². The van der Waals surface area contributed by atoms with E-state index in [0.29, 0.717) is 16.7 Å². The molecule has 2 N–H and O–H groups in total. The SMILES string of the molecule is COc1cc(/C=C(\C)C(=O)O)c2c(c(C)c(-c3ccccc3)n2C)c1O. The van der Waals surface area contributed by atoms with E-state index < -0.39 is 5.97 Å². The molecule has 0 spiro atoms. The zero-order valence-corrected chi connectivity index (χ0v) is 15.2. The van der Waals surface area contributed by atoms with Gasteiger partial charge in [0.2, 0.25) is 0 Å². The number of phenols is 1. The highest BCUT2D eigenvalue weighted by molar-refractivity contribution is 6.03. The minimum Gasteiger partial charge on any atom is -0.504 e. The van der Waals surface area contributed by atoms with E-state index in [0.717, 1.165) is 22.3 Å². The van der Waals surface area contributed by atoms with Gasteiger partial charge in [-0.05, 0) is 37.1 Å². The minimum atomic E-state index is -0.987. The van der Waals surface area contributed by atoms with Crippen molar-refractivity contribution in [2.75, 3.05) is 7.11 Å². The molecule has 0 aliphatic carbocycles. The first-order chi connectivity index (χ1) is 12.4. The molecule has 0 radical (unpaired) electrons. The Balaban J connectivity index is 2.45. The number of aryl methyl sites for hydroxylation is 2. The van der Waals surface area contributed by atoms with Crippen LogP contribution in [-0.4, -0.2) is 27.9 Å². The lowest BCUT2D eigenvalue weighted by Crippen LogP contribution is -1.98. The third kappa shape index (κ3) is 2.71. The predicted octanol–water partition coefficient (Wildman–Crippen LogP) is 4.36. The van der Waals surface area contributed by atoms with Crippen LogP contribution in [0.4, 0.5) is 0 Å². The molecule has 1 heterocycles. The monoisotopic (exact) mass is 351 g/mol. The number of methoxy groups -OCH3 is 1. The van der Waals surface area contributed by atoms with Crippen molar-refractivity contribution in [3.05, 3.63) is 53.1 Å². The Kier molecular flexibility index (Phi) is 4.47. The molecule has 0 saturated carbocycles. The number of aromatic hydroxyl groups is 1. The van der Waals surface area contributed by atoms with Crippen molar-refractivity contribution in [3.8, 4) is 22.8 Å². The highest BCUT2D eigenvalue weighted by Crippen LogP contribution is 2.44. The van der Waals surface area contributed by atoms with E-state index in [1.165, 1.54) is 7.11 Å². The molecule has 3 aromatic rings. The summed E-state index contributed by atoms with van der Waals surface area (Å²) in [4.78, 5) is 11.3. The van der Waals surface area contributed by atoms with Crippen molar-refractivity contribution in [2.45, 2.75) is 13.8 Å². The third-order valence-corrected chi connectivity index (χ3v) is 4.64. The summed E-state index contributed by atoms with van der Waals surface area (Å²) in [7, 11) is 3.39. The molecule has 0 bridgehead atoms. The number of carboxylic acid groups (broad SMARTS) is 1. The number of carboxylic acids is 1. The van der Waals surface area contributed by atoms with E-state index in [2.05, 4.69) is 0 Å². The maximum Gasteiger partial charge on any atom is 0.331 e. The van der Waals surface area contributed by atoms with Gasteiger partial charge in [0.25, 0.3) is 0 Å². The third-order valence-electron chi connectivity index (χ3n) is 4.64. The number of rotatable bonds is 4. The molecule has 0 aliphatic heterocycles. The molecule has 26 heavy (non-hydrogen) atoms. The lowest BCUT2D eigenvalue weighted by molar-refractivity contribution is -0.132. The summed E-state index contributed by atoms with van der Waals surface area (Å²) in [6, 6.07) is 11.6. The van der Waals surface area contributed by atoms with E-state index in [9.17, 15) is 15.0 Å². The lowest BCUT2D eigenvalue weighted by atomic mass is 10.0. The first kappa shape index (κ1) is 17.6. The molecule has 0 atom stereocenters. The normalized spacial score (nSPS) is 11.8. The highest BCUT2D eigenvalue weighted by Gasteiger charge is 2.22. The first-order valence-electron chi connectivity index (χ1n) is 8.22. The molecule has 0 fully saturated rings. The summed E-state index contributed by atoms with van der Waals surface area (Å²) in [5.41, 5.74) is 4.55. The van der Waals surface area contributed by atoms with Gasteiger partial charge in [0.05, 0.1) is 18.3 Å². The summed E-state index contributed by atoms with van der Waals surface area (Å²) >= 11 is 0. The Hall–Kier alpha value is -3.21. The average molecular weight is 351 g/mol. The number of fused-ring (bicyclic) bond motifs is 1. The zero-order chi connectivity index (χ0) is 19.0. The van der Waals surface area contributed by atoms with Gasteiger partial charge in [0.15, 0.2) is 11.5 Å². The van der Waals surface area contributed by atoms with Crippen LogP contribution in [0.2, 0.25) is 0 Å². The van der Waals surface area contributed by atoms with Gasteiger partial charge in [-0.2, -0.15) is 0 Å². The molecule has 0 saturated heterocycles. The Bertz CT molecular complexity index is 1030. The quantitative estimate of drug-likeness (QED) is 0.685. The number of aromatic nitrogens is 1. The van der Waals surface area contributed by atoms with Gasteiger partial charge in [-0.25, -0.2) is 4.79 Å². The van der Waals surface area contributed by atoms with Crippen molar-refractivity contribution in [1.29, 1.82) is 0 Å². The summed E-state index contributed by atoms with van der Waals surface area (Å²) in [6.07, 6.45) is 1.60. The molecule has 3 rings (SSSR count). The van der Waals surface area contributed by atoms with Gasteiger partial charge < -0.3 is 19.5 Å². The standard InChI is InChI=1S/C21H21NO4/c1-12(21(24)25)10-15-11-16(26-4)20(23)17-13(2)18(22(3)19(15)17)14-8-6-5-7-9-14/h5-11,23H,1-4H3,(H,24,25)/b12-10+. The van der Waals surface area contributed by atoms with E-state index in [1.807, 2.05) is 48.9 Å². The van der Waals surface area contributed by atoms with E-state index >= 15 is 0 Å². The van der Waals surface area contributed by atoms with Gasteiger partial charge in [-0.1, -0.05) is 30.3 Å². The number of hydrogen-bond donors (Lipinski definition) is 2. The van der Waals surface area contributed by atoms with Crippen LogP contribution in [0.15, 0.2) is 42.0 Å². The summed E-state index contributed by atoms with van der Waals surface area (Å²) < 4.78 is 7.30. The van der Waals surface area contributed by atoms with Crippen LogP contribution in [0.1, 0.15) is 18.1 Å². The van der Waals surface area contributed by atoms with Gasteiger partial charge >= 0.3 is 5.97 Å². The van der Waals surface area contributed by atoms with Crippen LogP contribution in [-0.2, 0) is 11.8 Å². The average Bonchev–Trinajstić information content (AvgIpc) is 2.89. The molecular weight excluding hydrogens is 330 g/mol. The number of carbonyl (C=O) groups is 1. The largest absolute Gasteiger partial charge is 0.504 e. The molecule has 0 amide bonds. The van der Waals surface area contributed by atoms with Crippen LogP contribution in [0.25, 0.3) is 28.2 Å². The van der Waals surface area contributed by atoms with Gasteiger partial charge in [-0.15, -0.1) is 0 Å². The maximum atomic E-state index is 11.3. The van der Waals surface area contributed by atoms with Crippen LogP contribution >= 0.6 is 0 Å².